The maximum Gasteiger partial charge on any atom is 0.165 e. The molecule has 2 rings (SSSR count). The third-order valence-corrected chi connectivity index (χ3v) is 3.22. The van der Waals surface area contributed by atoms with Gasteiger partial charge in [0.1, 0.15) is 17.7 Å². The first-order valence-electron chi connectivity index (χ1n) is 5.09. The van der Waals surface area contributed by atoms with E-state index in [2.05, 4.69) is 26.2 Å². The molecule has 0 atom stereocenters. The fourth-order valence-corrected chi connectivity index (χ4v) is 2.32. The summed E-state index contributed by atoms with van der Waals surface area (Å²) in [4.78, 5) is 4.02. The van der Waals surface area contributed by atoms with E-state index in [1.807, 2.05) is 6.07 Å². The Labute approximate surface area is 122 Å². The normalized spacial score (nSPS) is 10.0. The summed E-state index contributed by atoms with van der Waals surface area (Å²) in [6.45, 7) is 0. The smallest absolute Gasteiger partial charge is 0.165 e. The number of hydrogen-bond acceptors (Lipinski definition) is 4. The fraction of sp³-hybridized carbons (Fsp3) is 0. The maximum atomic E-state index is 13.1. The highest BCUT2D eigenvalue weighted by atomic mass is 79.9. The van der Waals surface area contributed by atoms with E-state index in [0.717, 1.165) is 0 Å². The number of hydrogen-bond donors (Lipinski definition) is 2. The second-order valence-corrected chi connectivity index (χ2v) is 4.88. The fourth-order valence-electron chi connectivity index (χ4n) is 1.42. The molecule has 0 fully saturated rings. The van der Waals surface area contributed by atoms with Crippen molar-refractivity contribution in [3.05, 3.63) is 45.3 Å². The summed E-state index contributed by atoms with van der Waals surface area (Å²) in [7, 11) is 0. The van der Waals surface area contributed by atoms with Gasteiger partial charge in [-0.1, -0.05) is 11.6 Å². The van der Waals surface area contributed by atoms with Crippen molar-refractivity contribution >= 4 is 44.7 Å². The summed E-state index contributed by atoms with van der Waals surface area (Å²) in [5.41, 5.74) is 6.44. The number of nitrogens with zero attached hydrogens (tertiary/aromatic N) is 2. The molecule has 0 amide bonds. The van der Waals surface area contributed by atoms with Crippen molar-refractivity contribution < 1.29 is 4.39 Å². The van der Waals surface area contributed by atoms with Crippen molar-refractivity contribution in [2.45, 2.75) is 0 Å². The highest BCUT2D eigenvalue weighted by Crippen LogP contribution is 2.33. The van der Waals surface area contributed by atoms with E-state index in [1.54, 1.807) is 12.1 Å². The molecule has 0 saturated carbocycles. The van der Waals surface area contributed by atoms with Gasteiger partial charge in [-0.2, -0.15) is 5.26 Å². The monoisotopic (exact) mass is 340 g/mol. The van der Waals surface area contributed by atoms with E-state index in [1.165, 1.54) is 12.1 Å². The van der Waals surface area contributed by atoms with Crippen LogP contribution in [0.4, 0.5) is 21.6 Å². The van der Waals surface area contributed by atoms with Crippen molar-refractivity contribution in [1.29, 1.82) is 5.26 Å². The van der Waals surface area contributed by atoms with Gasteiger partial charge in [0, 0.05) is 4.47 Å². The van der Waals surface area contributed by atoms with Gasteiger partial charge in [0.2, 0.25) is 0 Å². The number of pyridine rings is 1. The Morgan fingerprint density at radius 3 is 2.79 bits per heavy atom. The molecule has 7 heteroatoms. The molecule has 1 heterocycles. The lowest BCUT2D eigenvalue weighted by Crippen LogP contribution is -2.00. The lowest BCUT2D eigenvalue weighted by atomic mass is 10.3. The number of aromatic nitrogens is 1. The molecule has 0 aliphatic rings. The molecule has 3 N–H and O–H groups in total. The van der Waals surface area contributed by atoms with Crippen LogP contribution in [-0.4, -0.2) is 4.98 Å². The number of nitrogens with one attached hydrogen (secondary N) is 1. The molecule has 0 unspecified atom stereocenters. The minimum Gasteiger partial charge on any atom is -0.396 e. The van der Waals surface area contributed by atoms with E-state index < -0.39 is 5.82 Å². The van der Waals surface area contributed by atoms with Gasteiger partial charge in [-0.25, -0.2) is 9.37 Å². The van der Waals surface area contributed by atoms with Gasteiger partial charge < -0.3 is 11.1 Å². The Morgan fingerprint density at radius 2 is 2.16 bits per heavy atom. The number of nitriles is 1. The van der Waals surface area contributed by atoms with Gasteiger partial charge >= 0.3 is 0 Å². The molecule has 19 heavy (non-hydrogen) atoms. The average molecular weight is 342 g/mol. The van der Waals surface area contributed by atoms with Crippen molar-refractivity contribution in [1.82, 2.24) is 4.98 Å². The first-order valence-corrected chi connectivity index (χ1v) is 6.26. The van der Waals surface area contributed by atoms with Crippen LogP contribution >= 0.6 is 27.5 Å². The standard InChI is InChI=1S/C12H7BrClFN4/c13-7-3-6(15)4-8(14)12(7)19-11-2-1-9(17)10(5-16)18-11/h1-4H,17H2,(H,18,19). The van der Waals surface area contributed by atoms with Crippen LogP contribution in [-0.2, 0) is 0 Å². The number of nitrogen functional groups attached to an aromatic ring is 1. The summed E-state index contributed by atoms with van der Waals surface area (Å²) in [5, 5.41) is 12.0. The molecule has 0 radical (unpaired) electrons. The number of anilines is 3. The molecule has 4 nitrogen and oxygen atoms in total. The highest BCUT2D eigenvalue weighted by Gasteiger charge is 2.10. The minimum atomic E-state index is -0.453. The summed E-state index contributed by atoms with van der Waals surface area (Å²) in [6.07, 6.45) is 0. The molecule has 0 aliphatic heterocycles. The Bertz CT molecular complexity index is 661. The second kappa shape index (κ2) is 5.43. The van der Waals surface area contributed by atoms with E-state index in [0.29, 0.717) is 16.0 Å². The lowest BCUT2D eigenvalue weighted by Gasteiger charge is -2.10. The molecule has 96 valence electrons. The van der Waals surface area contributed by atoms with Crippen molar-refractivity contribution in [3.8, 4) is 6.07 Å². The van der Waals surface area contributed by atoms with Crippen molar-refractivity contribution in [2.24, 2.45) is 0 Å². The zero-order valence-electron chi connectivity index (χ0n) is 9.42. The molecule has 0 aliphatic carbocycles. The van der Waals surface area contributed by atoms with Crippen molar-refractivity contribution in [2.75, 3.05) is 11.1 Å². The molecular formula is C12H7BrClFN4. The lowest BCUT2D eigenvalue weighted by molar-refractivity contribution is 0.627. The van der Waals surface area contributed by atoms with Gasteiger partial charge in [0.25, 0.3) is 0 Å². The molecule has 1 aromatic heterocycles. The van der Waals surface area contributed by atoms with Crippen LogP contribution in [0.3, 0.4) is 0 Å². The largest absolute Gasteiger partial charge is 0.396 e. The van der Waals surface area contributed by atoms with Gasteiger partial charge in [0.15, 0.2) is 5.69 Å². The summed E-state index contributed by atoms with van der Waals surface area (Å²) in [5.74, 6) is -0.0645. The molecule has 2 aromatic rings. The summed E-state index contributed by atoms with van der Waals surface area (Å²) >= 11 is 9.14. The molecule has 0 bridgehead atoms. The van der Waals surface area contributed by atoms with Crippen LogP contribution in [0.25, 0.3) is 0 Å². The molecule has 1 aromatic carbocycles. The van der Waals surface area contributed by atoms with Crippen LogP contribution in [0, 0.1) is 17.1 Å². The number of halogens is 3. The Hall–Kier alpha value is -1.84. The number of benzene rings is 1. The Morgan fingerprint density at radius 1 is 1.42 bits per heavy atom. The predicted molar refractivity (Wildman–Crippen MR) is 75.8 cm³/mol. The van der Waals surface area contributed by atoms with Gasteiger partial charge in [-0.05, 0) is 40.2 Å². The molecule has 0 spiro atoms. The highest BCUT2D eigenvalue weighted by molar-refractivity contribution is 9.10. The number of rotatable bonds is 2. The van der Waals surface area contributed by atoms with Gasteiger partial charge in [-0.15, -0.1) is 0 Å². The third-order valence-electron chi connectivity index (χ3n) is 2.29. The van der Waals surface area contributed by atoms with E-state index in [-0.39, 0.29) is 16.4 Å². The van der Waals surface area contributed by atoms with Crippen molar-refractivity contribution in [3.63, 3.8) is 0 Å². The predicted octanol–water partition coefficient (Wildman–Crippen LogP) is 3.83. The topological polar surface area (TPSA) is 74.7 Å². The Balaban J connectivity index is 2.40. The zero-order chi connectivity index (χ0) is 14.0. The maximum absolute atomic E-state index is 13.1. The second-order valence-electron chi connectivity index (χ2n) is 3.62. The Kier molecular flexibility index (Phi) is 3.88. The first-order chi connectivity index (χ1) is 9.01. The van der Waals surface area contributed by atoms with Crippen LogP contribution in [0.5, 0.6) is 0 Å². The third kappa shape index (κ3) is 2.95. The van der Waals surface area contributed by atoms with E-state index in [9.17, 15) is 4.39 Å². The summed E-state index contributed by atoms with van der Waals surface area (Å²) < 4.78 is 13.6. The molecular weight excluding hydrogens is 335 g/mol. The SMILES string of the molecule is N#Cc1nc(Nc2c(Cl)cc(F)cc2Br)ccc1N. The average Bonchev–Trinajstić information content (AvgIpc) is 2.35. The van der Waals surface area contributed by atoms with Gasteiger partial charge in [-0.3, -0.25) is 0 Å². The van der Waals surface area contributed by atoms with Crippen LogP contribution < -0.4 is 11.1 Å². The van der Waals surface area contributed by atoms with Crippen LogP contribution in [0.15, 0.2) is 28.7 Å². The number of nitrogens with two attached hydrogens (primary N) is 1. The summed E-state index contributed by atoms with van der Waals surface area (Å²) in [6, 6.07) is 7.49. The van der Waals surface area contributed by atoms with Gasteiger partial charge in [0.05, 0.1) is 16.4 Å². The first kappa shape index (κ1) is 13.6. The van der Waals surface area contributed by atoms with Crippen LogP contribution in [0.1, 0.15) is 5.69 Å². The quantitative estimate of drug-likeness (QED) is 0.870. The van der Waals surface area contributed by atoms with Crippen LogP contribution in [0.2, 0.25) is 5.02 Å². The van der Waals surface area contributed by atoms with E-state index >= 15 is 0 Å². The zero-order valence-corrected chi connectivity index (χ0v) is 11.8. The minimum absolute atomic E-state index is 0.111. The molecule has 0 saturated heterocycles. The van der Waals surface area contributed by atoms with E-state index in [4.69, 9.17) is 22.6 Å².